The van der Waals surface area contributed by atoms with E-state index in [9.17, 15) is 14.7 Å². The molecule has 2 aromatic heterocycles. The molecule has 3 N–H and O–H groups in total. The van der Waals surface area contributed by atoms with Gasteiger partial charge in [-0.25, -0.2) is 19.3 Å². The van der Waals surface area contributed by atoms with Crippen LogP contribution in [0, 0.1) is 0 Å². The van der Waals surface area contributed by atoms with E-state index in [0.717, 1.165) is 18.5 Å². The van der Waals surface area contributed by atoms with Gasteiger partial charge in [-0.2, -0.15) is 5.10 Å². The summed E-state index contributed by atoms with van der Waals surface area (Å²) in [7, 11) is 4.14. The SMILES string of the molecule is CN(C)CCc1cn(CO)c2ccc(Cn3cncn3)cc12.O=C(O)/C=C/C(=O)O. The minimum atomic E-state index is -1.26. The number of hydrogen-bond donors (Lipinski definition) is 3. The van der Waals surface area contributed by atoms with Crippen molar-refractivity contribution in [1.82, 2.24) is 24.2 Å². The third-order valence-corrected chi connectivity index (χ3v) is 4.19. The first-order valence-electron chi connectivity index (χ1n) is 9.12. The topological polar surface area (TPSA) is 134 Å². The van der Waals surface area contributed by atoms with Gasteiger partial charge in [-0.05, 0) is 43.8 Å². The molecule has 0 saturated heterocycles. The Hall–Kier alpha value is -3.50. The number of carboxylic acids is 2. The lowest BCUT2D eigenvalue weighted by molar-refractivity contribution is -0.134. The third-order valence-electron chi connectivity index (χ3n) is 4.19. The maximum absolute atomic E-state index is 9.55. The van der Waals surface area contributed by atoms with Gasteiger partial charge >= 0.3 is 11.9 Å². The van der Waals surface area contributed by atoms with E-state index in [2.05, 4.69) is 47.3 Å². The average molecular weight is 415 g/mol. The van der Waals surface area contributed by atoms with Gasteiger partial charge in [0.1, 0.15) is 19.4 Å². The molecule has 0 bridgehead atoms. The van der Waals surface area contributed by atoms with Gasteiger partial charge in [-0.3, -0.25) is 0 Å². The van der Waals surface area contributed by atoms with Crippen LogP contribution < -0.4 is 0 Å². The molecule has 0 aliphatic rings. The highest BCUT2D eigenvalue weighted by Crippen LogP contribution is 2.24. The normalized spacial score (nSPS) is 11.1. The first-order chi connectivity index (χ1) is 14.3. The van der Waals surface area contributed by atoms with E-state index in [1.165, 1.54) is 16.5 Å². The maximum atomic E-state index is 9.55. The average Bonchev–Trinajstić information content (AvgIpc) is 3.32. The Morgan fingerprint density at radius 3 is 2.40 bits per heavy atom. The number of hydrogen-bond acceptors (Lipinski definition) is 6. The Bertz CT molecular complexity index is 992. The van der Waals surface area contributed by atoms with Crippen LogP contribution in [0.3, 0.4) is 0 Å². The van der Waals surface area contributed by atoms with E-state index in [4.69, 9.17) is 10.2 Å². The number of carbonyl (C=O) groups is 2. The summed E-state index contributed by atoms with van der Waals surface area (Å²) in [6, 6.07) is 6.33. The molecule has 3 aromatic rings. The summed E-state index contributed by atoms with van der Waals surface area (Å²) in [5.41, 5.74) is 3.51. The summed E-state index contributed by atoms with van der Waals surface area (Å²) >= 11 is 0. The Labute approximate surface area is 173 Å². The van der Waals surface area contributed by atoms with E-state index in [-0.39, 0.29) is 6.73 Å². The lowest BCUT2D eigenvalue weighted by Crippen LogP contribution is -2.14. The zero-order valence-corrected chi connectivity index (χ0v) is 16.8. The van der Waals surface area contributed by atoms with Crippen LogP contribution in [0.25, 0.3) is 10.9 Å². The summed E-state index contributed by atoms with van der Waals surface area (Å²) in [5, 5.41) is 30.5. The summed E-state index contributed by atoms with van der Waals surface area (Å²) in [6.07, 6.45) is 7.39. The Morgan fingerprint density at radius 1 is 1.17 bits per heavy atom. The molecular weight excluding hydrogens is 390 g/mol. The zero-order chi connectivity index (χ0) is 22.1. The van der Waals surface area contributed by atoms with Gasteiger partial charge in [0.25, 0.3) is 0 Å². The molecule has 0 aliphatic carbocycles. The van der Waals surface area contributed by atoms with Crippen molar-refractivity contribution >= 4 is 22.8 Å². The highest BCUT2D eigenvalue weighted by molar-refractivity contribution is 5.89. The van der Waals surface area contributed by atoms with Crippen molar-refractivity contribution in [3.05, 3.63) is 60.3 Å². The molecule has 2 heterocycles. The number of aliphatic hydroxyl groups excluding tert-OH is 1. The van der Waals surface area contributed by atoms with Crippen LogP contribution in [0.1, 0.15) is 11.1 Å². The summed E-state index contributed by atoms with van der Waals surface area (Å²) in [4.78, 5) is 25.2. The van der Waals surface area contributed by atoms with Gasteiger partial charge < -0.3 is 24.8 Å². The number of fused-ring (bicyclic) bond motifs is 1. The zero-order valence-electron chi connectivity index (χ0n) is 16.8. The molecular formula is C20H25N5O5. The van der Waals surface area contributed by atoms with Gasteiger partial charge in [0.15, 0.2) is 0 Å². The fourth-order valence-corrected chi connectivity index (χ4v) is 2.82. The Morgan fingerprint density at radius 2 is 1.87 bits per heavy atom. The van der Waals surface area contributed by atoms with E-state index < -0.39 is 11.9 Å². The monoisotopic (exact) mass is 415 g/mol. The molecule has 3 rings (SSSR count). The first kappa shape index (κ1) is 22.8. The lowest BCUT2D eigenvalue weighted by Gasteiger charge is -2.08. The van der Waals surface area contributed by atoms with E-state index in [1.807, 2.05) is 15.4 Å². The smallest absolute Gasteiger partial charge is 0.328 e. The number of nitrogens with zero attached hydrogens (tertiary/aromatic N) is 5. The Balaban J connectivity index is 0.000000343. The fraction of sp³-hybridized carbons (Fsp3) is 0.300. The third kappa shape index (κ3) is 6.83. The molecule has 10 heteroatoms. The highest BCUT2D eigenvalue weighted by atomic mass is 16.4. The van der Waals surface area contributed by atoms with Gasteiger partial charge in [-0.15, -0.1) is 0 Å². The molecule has 30 heavy (non-hydrogen) atoms. The fourth-order valence-electron chi connectivity index (χ4n) is 2.82. The molecule has 0 spiro atoms. The van der Waals surface area contributed by atoms with Crippen LogP contribution in [0.15, 0.2) is 49.2 Å². The quantitative estimate of drug-likeness (QED) is 0.465. The van der Waals surface area contributed by atoms with Gasteiger partial charge in [0.2, 0.25) is 0 Å². The first-order valence-corrected chi connectivity index (χ1v) is 9.12. The lowest BCUT2D eigenvalue weighted by atomic mass is 10.1. The van der Waals surface area contributed by atoms with Crippen LogP contribution in [-0.2, 0) is 29.3 Å². The van der Waals surface area contributed by atoms with E-state index in [0.29, 0.717) is 18.7 Å². The minimum Gasteiger partial charge on any atom is -0.478 e. The second-order valence-corrected chi connectivity index (χ2v) is 6.77. The molecule has 10 nitrogen and oxygen atoms in total. The largest absolute Gasteiger partial charge is 0.478 e. The minimum absolute atomic E-state index is 0.000880. The highest BCUT2D eigenvalue weighted by Gasteiger charge is 2.09. The summed E-state index contributed by atoms with van der Waals surface area (Å²) in [6.45, 7) is 1.69. The van der Waals surface area contributed by atoms with Crippen LogP contribution in [0.2, 0.25) is 0 Å². The molecule has 0 amide bonds. The van der Waals surface area contributed by atoms with Crippen molar-refractivity contribution < 1.29 is 24.9 Å². The number of likely N-dealkylation sites (N-methyl/N-ethyl adjacent to an activating group) is 1. The van der Waals surface area contributed by atoms with Crippen molar-refractivity contribution in [2.75, 3.05) is 20.6 Å². The molecule has 0 saturated carbocycles. The Kier molecular flexibility index (Phi) is 8.27. The van der Waals surface area contributed by atoms with Crippen molar-refractivity contribution in [3.63, 3.8) is 0 Å². The number of rotatable bonds is 8. The standard InChI is InChI=1S/C16H21N5O.C4H4O4/c1-19(2)6-5-14-9-20(12-22)16-4-3-13(7-15(14)16)8-21-11-17-10-18-21;5-3(6)1-2-4(7)8/h3-4,7,9-11,22H,5-6,8,12H2,1-2H3;1-2H,(H,5,6)(H,7,8)/b;2-1+. The molecule has 0 fully saturated rings. The van der Waals surface area contributed by atoms with E-state index in [1.54, 1.807) is 12.7 Å². The summed E-state index contributed by atoms with van der Waals surface area (Å²) in [5.74, 6) is -2.51. The number of aliphatic hydroxyl groups is 1. The second kappa shape index (κ2) is 10.9. The van der Waals surface area contributed by atoms with Crippen molar-refractivity contribution in [1.29, 1.82) is 0 Å². The van der Waals surface area contributed by atoms with Gasteiger partial charge in [0.05, 0.1) is 12.1 Å². The van der Waals surface area contributed by atoms with E-state index >= 15 is 0 Å². The van der Waals surface area contributed by atoms with Crippen LogP contribution in [0.5, 0.6) is 0 Å². The molecule has 1 aromatic carbocycles. The molecule has 0 radical (unpaired) electrons. The molecule has 0 unspecified atom stereocenters. The maximum Gasteiger partial charge on any atom is 0.328 e. The number of aliphatic carboxylic acids is 2. The van der Waals surface area contributed by atoms with Gasteiger partial charge in [0, 0.05) is 30.3 Å². The molecule has 0 atom stereocenters. The van der Waals surface area contributed by atoms with Crippen LogP contribution >= 0.6 is 0 Å². The van der Waals surface area contributed by atoms with Crippen LogP contribution in [0.4, 0.5) is 0 Å². The molecule has 0 aliphatic heterocycles. The second-order valence-electron chi connectivity index (χ2n) is 6.77. The molecule has 160 valence electrons. The summed E-state index contributed by atoms with van der Waals surface area (Å²) < 4.78 is 3.70. The number of benzene rings is 1. The predicted octanol–water partition coefficient (Wildman–Crippen LogP) is 1.05. The van der Waals surface area contributed by atoms with Gasteiger partial charge in [-0.1, -0.05) is 6.07 Å². The van der Waals surface area contributed by atoms with Crippen molar-refractivity contribution in [3.8, 4) is 0 Å². The number of aromatic nitrogens is 4. The van der Waals surface area contributed by atoms with Crippen LogP contribution in [-0.4, -0.2) is 72.1 Å². The predicted molar refractivity (Wildman–Crippen MR) is 110 cm³/mol. The van der Waals surface area contributed by atoms with Crippen molar-refractivity contribution in [2.24, 2.45) is 0 Å². The van der Waals surface area contributed by atoms with Crippen molar-refractivity contribution in [2.45, 2.75) is 19.7 Å². The number of carboxylic acid groups (broad SMARTS) is 2.